The highest BCUT2D eigenvalue weighted by Crippen LogP contribution is 2.31. The highest BCUT2D eigenvalue weighted by Gasteiger charge is 2.38. The van der Waals surface area contributed by atoms with Crippen molar-refractivity contribution >= 4 is 16.8 Å². The standard InChI is InChI=1S/C20H21F3N4O2/c1-12-11-27(9-8-24-18(28)13-4-2-3-5-13)16-10-14(6-7-15(12)16)17-25-19(29-26-17)20(21,22)23/h6-7,10-11,13H,2-5,8-9H2,1H3,(H,24,28). The first-order valence-electron chi connectivity index (χ1n) is 9.61. The van der Waals surface area contributed by atoms with Gasteiger partial charge in [0.1, 0.15) is 0 Å². The van der Waals surface area contributed by atoms with Crippen molar-refractivity contribution in [2.75, 3.05) is 6.54 Å². The summed E-state index contributed by atoms with van der Waals surface area (Å²) in [6.07, 6.45) is 1.40. The third-order valence-electron chi connectivity index (χ3n) is 5.39. The van der Waals surface area contributed by atoms with Gasteiger partial charge in [-0.25, -0.2) is 0 Å². The molecule has 6 nitrogen and oxygen atoms in total. The summed E-state index contributed by atoms with van der Waals surface area (Å²) in [4.78, 5) is 15.6. The van der Waals surface area contributed by atoms with Gasteiger partial charge in [0.2, 0.25) is 11.7 Å². The van der Waals surface area contributed by atoms with Crippen LogP contribution < -0.4 is 5.32 Å². The van der Waals surface area contributed by atoms with Gasteiger partial charge in [0.05, 0.1) is 0 Å². The molecule has 4 rings (SSSR count). The number of amides is 1. The maximum Gasteiger partial charge on any atom is 0.471 e. The van der Waals surface area contributed by atoms with Crippen molar-refractivity contribution in [2.45, 2.75) is 45.3 Å². The summed E-state index contributed by atoms with van der Waals surface area (Å²) in [7, 11) is 0. The fraction of sp³-hybridized carbons (Fsp3) is 0.450. The third-order valence-corrected chi connectivity index (χ3v) is 5.39. The van der Waals surface area contributed by atoms with Gasteiger partial charge in [-0.2, -0.15) is 18.2 Å². The molecule has 0 aliphatic heterocycles. The van der Waals surface area contributed by atoms with Crippen LogP contribution in [-0.2, 0) is 17.5 Å². The van der Waals surface area contributed by atoms with Gasteiger partial charge in [-0.1, -0.05) is 30.1 Å². The van der Waals surface area contributed by atoms with Crippen LogP contribution in [0.25, 0.3) is 22.3 Å². The number of carbonyl (C=O) groups excluding carboxylic acids is 1. The number of hydrogen-bond donors (Lipinski definition) is 1. The van der Waals surface area contributed by atoms with Gasteiger partial charge in [-0.3, -0.25) is 4.79 Å². The summed E-state index contributed by atoms with van der Waals surface area (Å²) in [5.41, 5.74) is 2.32. The second kappa shape index (κ2) is 7.53. The van der Waals surface area contributed by atoms with Gasteiger partial charge >= 0.3 is 12.1 Å². The molecule has 0 saturated heterocycles. The smallest absolute Gasteiger partial charge is 0.354 e. The number of nitrogens with zero attached hydrogens (tertiary/aromatic N) is 3. The molecule has 0 radical (unpaired) electrons. The first-order chi connectivity index (χ1) is 13.8. The highest BCUT2D eigenvalue weighted by atomic mass is 19.4. The summed E-state index contributed by atoms with van der Waals surface area (Å²) >= 11 is 0. The van der Waals surface area contributed by atoms with Gasteiger partial charge in [0.25, 0.3) is 0 Å². The lowest BCUT2D eigenvalue weighted by Gasteiger charge is -2.11. The fourth-order valence-corrected chi connectivity index (χ4v) is 3.89. The molecule has 3 aromatic rings. The normalized spacial score (nSPS) is 15.3. The second-order valence-corrected chi connectivity index (χ2v) is 7.43. The van der Waals surface area contributed by atoms with Crippen LogP contribution in [0.2, 0.25) is 0 Å². The molecule has 1 amide bonds. The van der Waals surface area contributed by atoms with Crippen LogP contribution in [0, 0.1) is 12.8 Å². The van der Waals surface area contributed by atoms with Crippen LogP contribution in [0.1, 0.15) is 37.1 Å². The first kappa shape index (κ1) is 19.5. The van der Waals surface area contributed by atoms with E-state index < -0.39 is 12.1 Å². The Labute approximate surface area is 165 Å². The van der Waals surface area contributed by atoms with Gasteiger partial charge in [-0.05, 0) is 31.4 Å². The number of fused-ring (bicyclic) bond motifs is 1. The van der Waals surface area contributed by atoms with Crippen molar-refractivity contribution in [3.05, 3.63) is 35.9 Å². The minimum absolute atomic E-state index is 0.0999. The SMILES string of the molecule is Cc1cn(CCNC(=O)C2CCCC2)c2cc(-c3noc(C(F)(F)F)n3)ccc12. The Morgan fingerprint density at radius 2 is 2.07 bits per heavy atom. The van der Waals surface area contributed by atoms with E-state index in [-0.39, 0.29) is 17.6 Å². The monoisotopic (exact) mass is 406 g/mol. The molecule has 2 aromatic heterocycles. The van der Waals surface area contributed by atoms with Crippen LogP contribution in [-0.4, -0.2) is 27.2 Å². The Kier molecular flexibility index (Phi) is 5.06. The fourth-order valence-electron chi connectivity index (χ4n) is 3.89. The van der Waals surface area contributed by atoms with Crippen molar-refractivity contribution in [2.24, 2.45) is 5.92 Å². The molecular formula is C20H21F3N4O2. The number of benzene rings is 1. The average molecular weight is 406 g/mol. The zero-order valence-corrected chi connectivity index (χ0v) is 15.9. The van der Waals surface area contributed by atoms with Crippen molar-refractivity contribution in [1.29, 1.82) is 0 Å². The minimum atomic E-state index is -4.68. The minimum Gasteiger partial charge on any atom is -0.354 e. The number of aryl methyl sites for hydroxylation is 1. The Morgan fingerprint density at radius 3 is 2.76 bits per heavy atom. The Hall–Kier alpha value is -2.84. The Balaban J connectivity index is 1.53. The van der Waals surface area contributed by atoms with Gasteiger partial charge < -0.3 is 14.4 Å². The van der Waals surface area contributed by atoms with Crippen molar-refractivity contribution < 1.29 is 22.5 Å². The van der Waals surface area contributed by atoms with Crippen LogP contribution in [0.5, 0.6) is 0 Å². The molecule has 9 heteroatoms. The van der Waals surface area contributed by atoms with Crippen LogP contribution in [0.4, 0.5) is 13.2 Å². The predicted octanol–water partition coefficient (Wildman–Crippen LogP) is 4.32. The van der Waals surface area contributed by atoms with Crippen LogP contribution in [0.15, 0.2) is 28.9 Å². The molecule has 0 atom stereocenters. The third kappa shape index (κ3) is 3.99. The second-order valence-electron chi connectivity index (χ2n) is 7.43. The Bertz CT molecular complexity index is 1030. The molecule has 29 heavy (non-hydrogen) atoms. The largest absolute Gasteiger partial charge is 0.471 e. The number of aromatic nitrogens is 3. The van der Waals surface area contributed by atoms with E-state index in [0.717, 1.165) is 42.1 Å². The summed E-state index contributed by atoms with van der Waals surface area (Å²) in [5.74, 6) is -1.26. The number of nitrogens with one attached hydrogen (secondary N) is 1. The molecule has 0 unspecified atom stereocenters. The quantitative estimate of drug-likeness (QED) is 0.685. The molecule has 1 aliphatic carbocycles. The molecule has 1 N–H and O–H groups in total. The number of alkyl halides is 3. The van der Waals surface area contributed by atoms with Gasteiger partial charge in [-0.15, -0.1) is 0 Å². The van der Waals surface area contributed by atoms with E-state index in [1.54, 1.807) is 12.1 Å². The van der Waals surface area contributed by atoms with Crippen molar-refractivity contribution in [1.82, 2.24) is 20.0 Å². The van der Waals surface area contributed by atoms with E-state index in [0.29, 0.717) is 18.7 Å². The van der Waals surface area contributed by atoms with Gasteiger partial charge in [0.15, 0.2) is 0 Å². The molecule has 2 heterocycles. The van der Waals surface area contributed by atoms with E-state index in [1.807, 2.05) is 23.8 Å². The Morgan fingerprint density at radius 1 is 1.31 bits per heavy atom. The van der Waals surface area contributed by atoms with Crippen molar-refractivity contribution in [3.63, 3.8) is 0 Å². The molecule has 1 aromatic carbocycles. The molecule has 0 bridgehead atoms. The number of hydrogen-bond acceptors (Lipinski definition) is 4. The number of halogens is 3. The van der Waals surface area contributed by atoms with E-state index in [1.165, 1.54) is 0 Å². The molecule has 1 saturated carbocycles. The summed E-state index contributed by atoms with van der Waals surface area (Å²) in [6.45, 7) is 3.02. The van der Waals surface area contributed by atoms with Crippen LogP contribution in [0.3, 0.4) is 0 Å². The van der Waals surface area contributed by atoms with E-state index in [2.05, 4.69) is 20.0 Å². The maximum atomic E-state index is 12.7. The first-order valence-corrected chi connectivity index (χ1v) is 9.61. The zero-order valence-electron chi connectivity index (χ0n) is 15.9. The van der Waals surface area contributed by atoms with E-state index >= 15 is 0 Å². The molecular weight excluding hydrogens is 385 g/mol. The number of carbonyl (C=O) groups is 1. The summed E-state index contributed by atoms with van der Waals surface area (Å²) < 4.78 is 44.5. The molecule has 154 valence electrons. The van der Waals surface area contributed by atoms with Gasteiger partial charge in [0, 0.05) is 41.7 Å². The summed E-state index contributed by atoms with van der Waals surface area (Å²) in [5, 5.41) is 7.42. The predicted molar refractivity (Wildman–Crippen MR) is 99.9 cm³/mol. The van der Waals surface area contributed by atoms with E-state index in [9.17, 15) is 18.0 Å². The highest BCUT2D eigenvalue weighted by molar-refractivity contribution is 5.87. The molecule has 1 aliphatic rings. The summed E-state index contributed by atoms with van der Waals surface area (Å²) in [6, 6.07) is 5.25. The maximum absolute atomic E-state index is 12.7. The zero-order chi connectivity index (χ0) is 20.6. The van der Waals surface area contributed by atoms with Crippen LogP contribution >= 0.6 is 0 Å². The van der Waals surface area contributed by atoms with Crippen molar-refractivity contribution in [3.8, 4) is 11.4 Å². The topological polar surface area (TPSA) is 73.0 Å². The average Bonchev–Trinajstić information content (AvgIpc) is 3.42. The lowest BCUT2D eigenvalue weighted by molar-refractivity contribution is -0.159. The molecule has 0 spiro atoms. The lowest BCUT2D eigenvalue weighted by atomic mass is 10.1. The lowest BCUT2D eigenvalue weighted by Crippen LogP contribution is -2.31. The van der Waals surface area contributed by atoms with E-state index in [4.69, 9.17) is 0 Å². The molecule has 1 fully saturated rings. The number of rotatable bonds is 5.